The Bertz CT molecular complexity index is 861. The first-order valence-corrected chi connectivity index (χ1v) is 8.14. The van der Waals surface area contributed by atoms with Crippen LogP contribution in [-0.4, -0.2) is 31.6 Å². The highest BCUT2D eigenvalue weighted by molar-refractivity contribution is 5.85. The van der Waals surface area contributed by atoms with Crippen LogP contribution < -0.4 is 9.47 Å². The number of methoxy groups -OCH3 is 1. The van der Waals surface area contributed by atoms with E-state index in [1.807, 2.05) is 66.7 Å². The fourth-order valence-corrected chi connectivity index (χ4v) is 2.62. The predicted octanol–water partition coefficient (Wildman–Crippen LogP) is 3.89. The second-order valence-electron chi connectivity index (χ2n) is 5.90. The summed E-state index contributed by atoms with van der Waals surface area (Å²) in [5.74, 6) is 1.40. The van der Waals surface area contributed by atoms with Crippen molar-refractivity contribution in [3.05, 3.63) is 72.3 Å². The zero-order valence-corrected chi connectivity index (χ0v) is 14.4. The Hall–Kier alpha value is -3.01. The van der Waals surface area contributed by atoms with Gasteiger partial charge in [0.2, 0.25) is 0 Å². The van der Waals surface area contributed by atoms with Crippen molar-refractivity contribution < 1.29 is 14.3 Å². The van der Waals surface area contributed by atoms with Gasteiger partial charge in [0.05, 0.1) is 7.11 Å². The lowest BCUT2D eigenvalue weighted by molar-refractivity contribution is -0.132. The Balaban J connectivity index is 1.62. The molecule has 0 heterocycles. The third kappa shape index (κ3) is 4.29. The first kappa shape index (κ1) is 16.8. The molecule has 0 bridgehead atoms. The molecule has 0 fully saturated rings. The highest BCUT2D eigenvalue weighted by Crippen LogP contribution is 2.25. The highest BCUT2D eigenvalue weighted by atomic mass is 16.5. The molecular formula is C21H21NO3. The van der Waals surface area contributed by atoms with Crippen LogP contribution in [0.2, 0.25) is 0 Å². The minimum absolute atomic E-state index is 0.0127. The fourth-order valence-electron chi connectivity index (χ4n) is 2.62. The minimum atomic E-state index is -0.0606. The summed E-state index contributed by atoms with van der Waals surface area (Å²) in [4.78, 5) is 13.9. The predicted molar refractivity (Wildman–Crippen MR) is 98.9 cm³/mol. The van der Waals surface area contributed by atoms with Gasteiger partial charge in [0, 0.05) is 13.6 Å². The molecule has 0 unspecified atom stereocenters. The zero-order valence-electron chi connectivity index (χ0n) is 14.4. The van der Waals surface area contributed by atoms with Crippen molar-refractivity contribution in [1.29, 1.82) is 0 Å². The summed E-state index contributed by atoms with van der Waals surface area (Å²) in [6, 6.07) is 21.5. The molecule has 0 radical (unpaired) electrons. The number of amides is 1. The molecule has 0 spiro atoms. The van der Waals surface area contributed by atoms with Crippen LogP contribution >= 0.6 is 0 Å². The molecule has 0 saturated carbocycles. The van der Waals surface area contributed by atoms with Crippen LogP contribution in [0.4, 0.5) is 0 Å². The molecule has 0 aliphatic heterocycles. The molecule has 3 rings (SSSR count). The lowest BCUT2D eigenvalue weighted by atomic mass is 10.1. The van der Waals surface area contributed by atoms with Gasteiger partial charge in [-0.2, -0.15) is 0 Å². The van der Waals surface area contributed by atoms with Crippen molar-refractivity contribution in [2.24, 2.45) is 0 Å². The molecule has 0 aliphatic carbocycles. The van der Waals surface area contributed by atoms with Crippen LogP contribution in [0.15, 0.2) is 66.7 Å². The van der Waals surface area contributed by atoms with Gasteiger partial charge in [-0.25, -0.2) is 0 Å². The molecule has 0 atom stereocenters. The summed E-state index contributed by atoms with van der Waals surface area (Å²) in [7, 11) is 3.42. The van der Waals surface area contributed by atoms with Gasteiger partial charge in [-0.15, -0.1) is 0 Å². The third-order valence-corrected chi connectivity index (χ3v) is 4.07. The van der Waals surface area contributed by atoms with Gasteiger partial charge >= 0.3 is 0 Å². The van der Waals surface area contributed by atoms with Crippen LogP contribution in [-0.2, 0) is 11.3 Å². The van der Waals surface area contributed by atoms with Gasteiger partial charge in [0.15, 0.2) is 6.61 Å². The van der Waals surface area contributed by atoms with E-state index < -0.39 is 0 Å². The third-order valence-electron chi connectivity index (χ3n) is 4.07. The average Bonchev–Trinajstić information content (AvgIpc) is 2.66. The van der Waals surface area contributed by atoms with E-state index in [0.717, 1.165) is 22.1 Å². The molecule has 4 heteroatoms. The number of nitrogens with zero attached hydrogens (tertiary/aromatic N) is 1. The standard InChI is InChI=1S/C21H21NO3/c1-22(14-16-6-4-3-5-7-16)21(23)15-25-20-11-9-17-8-10-19(24-2)12-18(17)13-20/h3-13H,14-15H2,1-2H3. The Morgan fingerprint density at radius 2 is 1.60 bits per heavy atom. The average molecular weight is 335 g/mol. The number of rotatable bonds is 6. The van der Waals surface area contributed by atoms with Crippen molar-refractivity contribution >= 4 is 16.7 Å². The molecule has 25 heavy (non-hydrogen) atoms. The molecule has 0 saturated heterocycles. The van der Waals surface area contributed by atoms with E-state index in [0.29, 0.717) is 12.3 Å². The van der Waals surface area contributed by atoms with E-state index in [1.165, 1.54) is 0 Å². The van der Waals surface area contributed by atoms with E-state index in [1.54, 1.807) is 19.1 Å². The van der Waals surface area contributed by atoms with E-state index in [9.17, 15) is 4.79 Å². The second kappa shape index (κ2) is 7.71. The maximum Gasteiger partial charge on any atom is 0.260 e. The summed E-state index contributed by atoms with van der Waals surface area (Å²) in [6.07, 6.45) is 0. The molecule has 0 N–H and O–H groups in total. The number of benzene rings is 3. The number of fused-ring (bicyclic) bond motifs is 1. The van der Waals surface area contributed by atoms with Crippen LogP contribution in [0, 0.1) is 0 Å². The van der Waals surface area contributed by atoms with E-state index in [-0.39, 0.29) is 12.5 Å². The Labute approximate surface area is 147 Å². The van der Waals surface area contributed by atoms with Crippen molar-refractivity contribution in [3.63, 3.8) is 0 Å². The molecule has 3 aromatic carbocycles. The Morgan fingerprint density at radius 3 is 2.32 bits per heavy atom. The van der Waals surface area contributed by atoms with Gasteiger partial charge in [0.25, 0.3) is 5.91 Å². The molecule has 3 aromatic rings. The lowest BCUT2D eigenvalue weighted by Gasteiger charge is -2.17. The number of hydrogen-bond acceptors (Lipinski definition) is 3. The Kier molecular flexibility index (Phi) is 5.19. The van der Waals surface area contributed by atoms with Gasteiger partial charge < -0.3 is 14.4 Å². The smallest absolute Gasteiger partial charge is 0.260 e. The van der Waals surface area contributed by atoms with Gasteiger partial charge in [-0.05, 0) is 40.6 Å². The molecule has 128 valence electrons. The number of carbonyl (C=O) groups excluding carboxylic acids is 1. The van der Waals surface area contributed by atoms with E-state index >= 15 is 0 Å². The molecule has 1 amide bonds. The molecular weight excluding hydrogens is 314 g/mol. The van der Waals surface area contributed by atoms with Crippen LogP contribution in [0.5, 0.6) is 11.5 Å². The van der Waals surface area contributed by atoms with Crippen molar-refractivity contribution in [1.82, 2.24) is 4.90 Å². The van der Waals surface area contributed by atoms with E-state index in [4.69, 9.17) is 9.47 Å². The first-order chi connectivity index (χ1) is 12.2. The Morgan fingerprint density at radius 1 is 0.920 bits per heavy atom. The second-order valence-corrected chi connectivity index (χ2v) is 5.90. The normalized spacial score (nSPS) is 10.5. The van der Waals surface area contributed by atoms with Gasteiger partial charge in [-0.1, -0.05) is 42.5 Å². The summed E-state index contributed by atoms with van der Waals surface area (Å²) < 4.78 is 10.9. The van der Waals surface area contributed by atoms with Crippen molar-refractivity contribution in [2.45, 2.75) is 6.54 Å². The maximum absolute atomic E-state index is 12.3. The van der Waals surface area contributed by atoms with Crippen molar-refractivity contribution in [3.8, 4) is 11.5 Å². The molecule has 0 aromatic heterocycles. The molecule has 4 nitrogen and oxygen atoms in total. The monoisotopic (exact) mass is 335 g/mol. The van der Waals surface area contributed by atoms with E-state index in [2.05, 4.69) is 0 Å². The largest absolute Gasteiger partial charge is 0.497 e. The van der Waals surface area contributed by atoms with Crippen molar-refractivity contribution in [2.75, 3.05) is 20.8 Å². The summed E-state index contributed by atoms with van der Waals surface area (Å²) in [5, 5.41) is 2.11. The highest BCUT2D eigenvalue weighted by Gasteiger charge is 2.10. The topological polar surface area (TPSA) is 38.8 Å². The summed E-state index contributed by atoms with van der Waals surface area (Å²) in [6.45, 7) is 0.580. The zero-order chi connectivity index (χ0) is 17.6. The van der Waals surface area contributed by atoms with Crippen LogP contribution in [0.1, 0.15) is 5.56 Å². The van der Waals surface area contributed by atoms with Crippen LogP contribution in [0.25, 0.3) is 10.8 Å². The number of likely N-dealkylation sites (N-methyl/N-ethyl adjacent to an activating group) is 1. The van der Waals surface area contributed by atoms with Gasteiger partial charge in [0.1, 0.15) is 11.5 Å². The van der Waals surface area contributed by atoms with Gasteiger partial charge in [-0.3, -0.25) is 4.79 Å². The SMILES string of the molecule is COc1ccc2ccc(OCC(=O)N(C)Cc3ccccc3)cc2c1. The number of hydrogen-bond donors (Lipinski definition) is 0. The molecule has 0 aliphatic rings. The first-order valence-electron chi connectivity index (χ1n) is 8.14. The number of ether oxygens (including phenoxy) is 2. The summed E-state index contributed by atoms with van der Waals surface area (Å²) >= 11 is 0. The fraction of sp³-hybridized carbons (Fsp3) is 0.190. The van der Waals surface area contributed by atoms with Crippen LogP contribution in [0.3, 0.4) is 0 Å². The quantitative estimate of drug-likeness (QED) is 0.686. The lowest BCUT2D eigenvalue weighted by Crippen LogP contribution is -2.30. The minimum Gasteiger partial charge on any atom is -0.497 e. The summed E-state index contributed by atoms with van der Waals surface area (Å²) in [5.41, 5.74) is 1.09. The number of carbonyl (C=O) groups is 1. The maximum atomic E-state index is 12.3.